The van der Waals surface area contributed by atoms with Gasteiger partial charge in [0.1, 0.15) is 10.4 Å². The van der Waals surface area contributed by atoms with Gasteiger partial charge in [0.05, 0.1) is 5.75 Å². The number of rotatable bonds is 4. The molecule has 1 heterocycles. The highest BCUT2D eigenvalue weighted by Gasteiger charge is 2.37. The van der Waals surface area contributed by atoms with Crippen LogP contribution in [0.2, 0.25) is 0 Å². The minimum absolute atomic E-state index is 0.228. The van der Waals surface area contributed by atoms with Gasteiger partial charge in [-0.15, -0.1) is 0 Å². The van der Waals surface area contributed by atoms with E-state index in [1.54, 1.807) is 0 Å². The molecule has 0 bridgehead atoms. The Kier molecular flexibility index (Phi) is 3.98. The number of carbonyl (C=O) groups excluding carboxylic acids is 1. The van der Waals surface area contributed by atoms with E-state index in [1.165, 1.54) is 16.7 Å². The molecule has 1 fully saturated rings. The van der Waals surface area contributed by atoms with Crippen LogP contribution in [0.15, 0.2) is 30.3 Å². The number of thiocarbonyl (C=S) groups is 1. The molecule has 94 valence electrons. The van der Waals surface area contributed by atoms with E-state index in [2.05, 4.69) is 0 Å². The molecular weight excluding hydrogens is 270 g/mol. The van der Waals surface area contributed by atoms with E-state index >= 15 is 0 Å². The summed E-state index contributed by atoms with van der Waals surface area (Å²) in [5.74, 6) is -1.03. The van der Waals surface area contributed by atoms with Crippen LogP contribution in [0.1, 0.15) is 5.56 Å². The molecule has 1 aromatic rings. The second-order valence-electron chi connectivity index (χ2n) is 3.86. The third-order valence-corrected chi connectivity index (χ3v) is 4.04. The number of hydrogen-bond donors (Lipinski definition) is 1. The van der Waals surface area contributed by atoms with Gasteiger partial charge in [0.15, 0.2) is 0 Å². The number of carboxylic acids is 1. The van der Waals surface area contributed by atoms with E-state index in [-0.39, 0.29) is 18.1 Å². The Labute approximate surface area is 114 Å². The molecule has 0 unspecified atom stereocenters. The topological polar surface area (TPSA) is 57.6 Å². The maximum absolute atomic E-state index is 11.7. The van der Waals surface area contributed by atoms with E-state index in [0.29, 0.717) is 4.32 Å². The first-order valence-electron chi connectivity index (χ1n) is 5.35. The van der Waals surface area contributed by atoms with E-state index in [0.717, 1.165) is 5.56 Å². The predicted octanol–water partition coefficient (Wildman–Crippen LogP) is 1.54. The average molecular weight is 281 g/mol. The lowest BCUT2D eigenvalue weighted by atomic mass is 10.1. The average Bonchev–Trinajstić information content (AvgIpc) is 2.67. The minimum atomic E-state index is -1.03. The van der Waals surface area contributed by atoms with Crippen molar-refractivity contribution in [1.82, 2.24) is 4.90 Å². The molecule has 0 spiro atoms. The Balaban J connectivity index is 2.21. The van der Waals surface area contributed by atoms with Gasteiger partial charge in [0.2, 0.25) is 5.91 Å². The quantitative estimate of drug-likeness (QED) is 0.848. The van der Waals surface area contributed by atoms with E-state index < -0.39 is 12.0 Å². The molecule has 0 radical (unpaired) electrons. The van der Waals surface area contributed by atoms with Gasteiger partial charge in [-0.3, -0.25) is 9.69 Å². The number of carbonyl (C=O) groups is 2. The maximum Gasteiger partial charge on any atom is 0.327 e. The zero-order chi connectivity index (χ0) is 13.1. The molecule has 4 nitrogen and oxygen atoms in total. The van der Waals surface area contributed by atoms with Gasteiger partial charge >= 0.3 is 5.97 Å². The van der Waals surface area contributed by atoms with Crippen molar-refractivity contribution in [2.75, 3.05) is 5.75 Å². The molecule has 0 saturated carbocycles. The molecule has 2 rings (SSSR count). The van der Waals surface area contributed by atoms with E-state index in [9.17, 15) is 14.7 Å². The molecule has 6 heteroatoms. The number of benzene rings is 1. The number of carboxylic acid groups (broad SMARTS) is 1. The number of thioether (sulfide) groups is 1. The predicted molar refractivity (Wildman–Crippen MR) is 73.5 cm³/mol. The summed E-state index contributed by atoms with van der Waals surface area (Å²) in [6.45, 7) is 0. The Hall–Kier alpha value is -1.40. The minimum Gasteiger partial charge on any atom is -0.480 e. The fourth-order valence-corrected chi connectivity index (χ4v) is 2.95. The molecule has 18 heavy (non-hydrogen) atoms. The molecule has 1 atom stereocenters. The second kappa shape index (κ2) is 5.49. The van der Waals surface area contributed by atoms with Gasteiger partial charge < -0.3 is 5.11 Å². The molecule has 1 aromatic carbocycles. The van der Waals surface area contributed by atoms with Gasteiger partial charge in [-0.05, 0) is 5.56 Å². The summed E-state index contributed by atoms with van der Waals surface area (Å²) in [6, 6.07) is 8.31. The Bertz CT molecular complexity index is 473. The van der Waals surface area contributed by atoms with Crippen LogP contribution in [0.4, 0.5) is 0 Å². The van der Waals surface area contributed by atoms with Crippen LogP contribution in [-0.4, -0.2) is 38.0 Å². The Morgan fingerprint density at radius 2 is 2.11 bits per heavy atom. The number of nitrogens with zero attached hydrogens (tertiary/aromatic N) is 1. The maximum atomic E-state index is 11.7. The van der Waals surface area contributed by atoms with Crippen molar-refractivity contribution < 1.29 is 14.7 Å². The highest BCUT2D eigenvalue weighted by atomic mass is 32.2. The first-order chi connectivity index (χ1) is 8.59. The number of aliphatic carboxylic acids is 1. The zero-order valence-corrected chi connectivity index (χ0v) is 11.0. The molecule has 1 aliphatic rings. The van der Waals surface area contributed by atoms with Crippen molar-refractivity contribution >= 4 is 40.2 Å². The number of hydrogen-bond acceptors (Lipinski definition) is 4. The van der Waals surface area contributed by atoms with Crippen LogP contribution in [0, 0.1) is 0 Å². The van der Waals surface area contributed by atoms with Gasteiger partial charge in [0, 0.05) is 6.42 Å². The normalized spacial score (nSPS) is 17.0. The molecule has 0 aliphatic carbocycles. The lowest BCUT2D eigenvalue weighted by Gasteiger charge is -2.23. The molecule has 1 amide bonds. The van der Waals surface area contributed by atoms with Crippen LogP contribution in [0.25, 0.3) is 0 Å². The lowest BCUT2D eigenvalue weighted by molar-refractivity contribution is -0.145. The Morgan fingerprint density at radius 3 is 2.61 bits per heavy atom. The van der Waals surface area contributed by atoms with Gasteiger partial charge in [-0.2, -0.15) is 0 Å². The fraction of sp³-hybridized carbons (Fsp3) is 0.250. The Morgan fingerprint density at radius 1 is 1.44 bits per heavy atom. The number of amides is 1. The molecule has 0 aromatic heterocycles. The molecular formula is C12H11NO3S2. The van der Waals surface area contributed by atoms with Gasteiger partial charge in [0.25, 0.3) is 0 Å². The summed E-state index contributed by atoms with van der Waals surface area (Å²) in [6.07, 6.45) is 0.266. The van der Waals surface area contributed by atoms with Crippen molar-refractivity contribution in [3.63, 3.8) is 0 Å². The van der Waals surface area contributed by atoms with Crippen molar-refractivity contribution in [3.8, 4) is 0 Å². The smallest absolute Gasteiger partial charge is 0.327 e. The van der Waals surface area contributed by atoms with Crippen LogP contribution in [0.5, 0.6) is 0 Å². The summed E-state index contributed by atoms with van der Waals surface area (Å²) in [7, 11) is 0. The zero-order valence-electron chi connectivity index (χ0n) is 9.41. The second-order valence-corrected chi connectivity index (χ2v) is 5.47. The lowest BCUT2D eigenvalue weighted by Crippen LogP contribution is -2.45. The van der Waals surface area contributed by atoms with Gasteiger partial charge in [-0.1, -0.05) is 54.3 Å². The highest BCUT2D eigenvalue weighted by molar-refractivity contribution is 8.23. The first-order valence-corrected chi connectivity index (χ1v) is 6.74. The summed E-state index contributed by atoms with van der Waals surface area (Å²) in [5, 5.41) is 9.27. The van der Waals surface area contributed by atoms with Gasteiger partial charge in [-0.25, -0.2) is 4.79 Å². The fourth-order valence-electron chi connectivity index (χ4n) is 1.79. The molecule has 1 N–H and O–H groups in total. The van der Waals surface area contributed by atoms with Crippen LogP contribution in [0.3, 0.4) is 0 Å². The third-order valence-electron chi connectivity index (χ3n) is 2.65. The van der Waals surface area contributed by atoms with Crippen molar-refractivity contribution in [2.45, 2.75) is 12.5 Å². The third kappa shape index (κ3) is 2.70. The van der Waals surface area contributed by atoms with Crippen LogP contribution >= 0.6 is 24.0 Å². The first kappa shape index (κ1) is 13.0. The standard InChI is InChI=1S/C12H11NO3S2/c14-10-7-18-12(17)13(10)9(11(15)16)6-8-4-2-1-3-5-8/h1-5,9H,6-7H2,(H,15,16)/t9-/m0/s1. The molecule has 1 saturated heterocycles. The van der Waals surface area contributed by atoms with E-state index in [4.69, 9.17) is 12.2 Å². The van der Waals surface area contributed by atoms with Crippen LogP contribution in [-0.2, 0) is 16.0 Å². The van der Waals surface area contributed by atoms with Crippen molar-refractivity contribution in [2.24, 2.45) is 0 Å². The van der Waals surface area contributed by atoms with Crippen LogP contribution < -0.4 is 0 Å². The molecule has 1 aliphatic heterocycles. The highest BCUT2D eigenvalue weighted by Crippen LogP contribution is 2.23. The SMILES string of the molecule is O=C(O)[C@H](Cc1ccccc1)N1C(=O)CSC1=S. The van der Waals surface area contributed by atoms with E-state index in [1.807, 2.05) is 30.3 Å². The van der Waals surface area contributed by atoms with Crippen molar-refractivity contribution in [1.29, 1.82) is 0 Å². The summed E-state index contributed by atoms with van der Waals surface area (Å²) in [5.41, 5.74) is 0.873. The van der Waals surface area contributed by atoms with Crippen molar-refractivity contribution in [3.05, 3.63) is 35.9 Å². The summed E-state index contributed by atoms with van der Waals surface area (Å²) < 4.78 is 0.350. The summed E-state index contributed by atoms with van der Waals surface area (Å²) >= 11 is 6.25. The largest absolute Gasteiger partial charge is 0.480 e. The summed E-state index contributed by atoms with van der Waals surface area (Å²) in [4.78, 5) is 24.2. The monoisotopic (exact) mass is 281 g/mol.